The second kappa shape index (κ2) is 6.64. The first-order chi connectivity index (χ1) is 10.2. The Hall–Kier alpha value is -1.30. The van der Waals surface area contributed by atoms with E-state index in [1.54, 1.807) is 0 Å². The quantitative estimate of drug-likeness (QED) is 0.860. The number of aryl methyl sites for hydroxylation is 1. The van der Waals surface area contributed by atoms with Gasteiger partial charge in [-0.25, -0.2) is 15.0 Å². The van der Waals surface area contributed by atoms with Gasteiger partial charge in [-0.1, -0.05) is 19.8 Å². The number of rotatable bonds is 5. The number of aromatic nitrogens is 4. The molecule has 3 rings (SSSR count). The van der Waals surface area contributed by atoms with Crippen LogP contribution in [-0.4, -0.2) is 30.5 Å². The van der Waals surface area contributed by atoms with Crippen LogP contribution in [0.2, 0.25) is 0 Å². The summed E-state index contributed by atoms with van der Waals surface area (Å²) >= 11 is 2.14. The van der Waals surface area contributed by atoms with E-state index in [9.17, 15) is 0 Å². The number of anilines is 1. The van der Waals surface area contributed by atoms with Crippen molar-refractivity contribution in [2.75, 3.05) is 11.5 Å². The predicted octanol–water partition coefficient (Wildman–Crippen LogP) is 3.11. The largest absolute Gasteiger partial charge is 0.382 e. The Morgan fingerprint density at radius 3 is 3.10 bits per heavy atom. The number of imidazole rings is 1. The minimum atomic E-state index is 0.462. The second-order valence-corrected chi connectivity index (χ2v) is 7.40. The highest BCUT2D eigenvalue weighted by Crippen LogP contribution is 2.32. The molecule has 21 heavy (non-hydrogen) atoms. The van der Waals surface area contributed by atoms with E-state index in [1.165, 1.54) is 37.8 Å². The highest BCUT2D eigenvalue weighted by molar-refractivity contribution is 7.99. The van der Waals surface area contributed by atoms with Crippen molar-refractivity contribution in [2.45, 2.75) is 50.8 Å². The molecule has 2 unspecified atom stereocenters. The van der Waals surface area contributed by atoms with Gasteiger partial charge in [0.15, 0.2) is 11.5 Å². The highest BCUT2D eigenvalue weighted by Gasteiger charge is 2.18. The van der Waals surface area contributed by atoms with Crippen LogP contribution in [0.15, 0.2) is 12.7 Å². The molecule has 2 aromatic heterocycles. The Bertz CT molecular complexity index is 597. The van der Waals surface area contributed by atoms with E-state index in [2.05, 4.69) is 38.2 Å². The summed E-state index contributed by atoms with van der Waals surface area (Å²) in [5.74, 6) is 2.58. The number of fused-ring (bicyclic) bond motifs is 1. The van der Waals surface area contributed by atoms with Gasteiger partial charge in [0, 0.05) is 11.8 Å². The molecular formula is C15H23N5S. The van der Waals surface area contributed by atoms with E-state index in [1.807, 2.05) is 6.33 Å². The molecule has 2 N–H and O–H groups in total. The topological polar surface area (TPSA) is 69.6 Å². The van der Waals surface area contributed by atoms with E-state index in [-0.39, 0.29) is 0 Å². The lowest BCUT2D eigenvalue weighted by atomic mass is 9.91. The maximum atomic E-state index is 5.80. The van der Waals surface area contributed by atoms with Crippen LogP contribution < -0.4 is 5.73 Å². The zero-order valence-corrected chi connectivity index (χ0v) is 13.4. The molecule has 0 aliphatic heterocycles. The Kier molecular flexibility index (Phi) is 4.63. The summed E-state index contributed by atoms with van der Waals surface area (Å²) in [5.41, 5.74) is 7.36. The molecule has 0 spiro atoms. The van der Waals surface area contributed by atoms with Crippen molar-refractivity contribution in [3.05, 3.63) is 12.7 Å². The van der Waals surface area contributed by atoms with E-state index in [0.29, 0.717) is 11.3 Å². The van der Waals surface area contributed by atoms with Crippen molar-refractivity contribution in [1.82, 2.24) is 19.5 Å². The van der Waals surface area contributed by atoms with Crippen LogP contribution in [0.3, 0.4) is 0 Å². The molecule has 1 fully saturated rings. The molecule has 2 atom stereocenters. The maximum Gasteiger partial charge on any atom is 0.165 e. The second-order valence-electron chi connectivity index (χ2n) is 5.99. The van der Waals surface area contributed by atoms with Gasteiger partial charge in [-0.2, -0.15) is 11.8 Å². The molecule has 0 bridgehead atoms. The highest BCUT2D eigenvalue weighted by atomic mass is 32.2. The van der Waals surface area contributed by atoms with E-state index < -0.39 is 0 Å². The number of nitrogen functional groups attached to an aromatic ring is 1. The molecule has 2 aromatic rings. The van der Waals surface area contributed by atoms with E-state index >= 15 is 0 Å². The first-order valence-corrected chi connectivity index (χ1v) is 8.82. The third-order valence-corrected chi connectivity index (χ3v) is 5.64. The van der Waals surface area contributed by atoms with Gasteiger partial charge in [-0.15, -0.1) is 0 Å². The molecule has 0 radical (unpaired) electrons. The van der Waals surface area contributed by atoms with Crippen molar-refractivity contribution in [3.8, 4) is 0 Å². The van der Waals surface area contributed by atoms with Crippen LogP contribution in [0, 0.1) is 5.92 Å². The molecule has 1 saturated carbocycles. The molecule has 114 valence electrons. The molecule has 0 saturated heterocycles. The van der Waals surface area contributed by atoms with Gasteiger partial charge in [0.2, 0.25) is 0 Å². The van der Waals surface area contributed by atoms with Gasteiger partial charge in [0.25, 0.3) is 0 Å². The molecule has 6 heteroatoms. The summed E-state index contributed by atoms with van der Waals surface area (Å²) in [6, 6.07) is 0. The van der Waals surface area contributed by atoms with Crippen LogP contribution in [-0.2, 0) is 6.54 Å². The van der Waals surface area contributed by atoms with Gasteiger partial charge in [0.1, 0.15) is 11.8 Å². The van der Waals surface area contributed by atoms with E-state index in [4.69, 9.17) is 5.73 Å². The van der Waals surface area contributed by atoms with Crippen LogP contribution in [0.4, 0.5) is 5.82 Å². The summed E-state index contributed by atoms with van der Waals surface area (Å²) in [6.07, 6.45) is 10.1. The van der Waals surface area contributed by atoms with Gasteiger partial charge in [-0.3, -0.25) is 0 Å². The van der Waals surface area contributed by atoms with Crippen molar-refractivity contribution >= 4 is 28.7 Å². The van der Waals surface area contributed by atoms with Gasteiger partial charge in [-0.05, 0) is 30.9 Å². The van der Waals surface area contributed by atoms with Gasteiger partial charge < -0.3 is 10.3 Å². The average Bonchev–Trinajstić information content (AvgIpc) is 2.88. The summed E-state index contributed by atoms with van der Waals surface area (Å²) in [6.45, 7) is 3.33. The number of hydrogen-bond acceptors (Lipinski definition) is 5. The predicted molar refractivity (Wildman–Crippen MR) is 88.2 cm³/mol. The normalized spacial score (nSPS) is 22.7. The summed E-state index contributed by atoms with van der Waals surface area (Å²) in [5, 5.41) is 0.867. The molecule has 1 aliphatic rings. The lowest BCUT2D eigenvalue weighted by Crippen LogP contribution is -2.15. The maximum absolute atomic E-state index is 5.80. The van der Waals surface area contributed by atoms with E-state index in [0.717, 1.165) is 29.8 Å². The smallest absolute Gasteiger partial charge is 0.165 e. The zero-order valence-electron chi connectivity index (χ0n) is 12.5. The number of thioether (sulfide) groups is 1. The zero-order chi connectivity index (χ0) is 14.7. The molecule has 0 aromatic carbocycles. The minimum absolute atomic E-state index is 0.462. The Labute approximate surface area is 129 Å². The van der Waals surface area contributed by atoms with Crippen molar-refractivity contribution < 1.29 is 0 Å². The standard InChI is InChI=1S/C15H23N5S/c1-11-4-2-5-12(8-11)21-7-3-6-20-10-19-13-14(16)17-9-18-15(13)20/h9-12H,2-8H2,1H3,(H2,16,17,18). The summed E-state index contributed by atoms with van der Waals surface area (Å²) in [7, 11) is 0. The summed E-state index contributed by atoms with van der Waals surface area (Å²) < 4.78 is 2.08. The lowest BCUT2D eigenvalue weighted by molar-refractivity contribution is 0.394. The van der Waals surface area contributed by atoms with Crippen LogP contribution in [0.5, 0.6) is 0 Å². The third kappa shape index (κ3) is 3.48. The van der Waals surface area contributed by atoms with Crippen molar-refractivity contribution in [3.63, 3.8) is 0 Å². The number of nitrogens with zero attached hydrogens (tertiary/aromatic N) is 4. The third-order valence-electron chi connectivity index (χ3n) is 4.21. The van der Waals surface area contributed by atoms with Crippen LogP contribution >= 0.6 is 11.8 Å². The number of nitrogens with two attached hydrogens (primary N) is 1. The molecule has 0 amide bonds. The van der Waals surface area contributed by atoms with Crippen LogP contribution in [0.1, 0.15) is 39.0 Å². The lowest BCUT2D eigenvalue weighted by Gasteiger charge is -2.26. The SMILES string of the molecule is CC1CCCC(SCCCn2cnc3c(N)ncnc32)C1. The molecule has 1 aliphatic carbocycles. The Morgan fingerprint density at radius 1 is 1.33 bits per heavy atom. The Balaban J connectivity index is 1.49. The Morgan fingerprint density at radius 2 is 2.24 bits per heavy atom. The average molecular weight is 305 g/mol. The van der Waals surface area contributed by atoms with Gasteiger partial charge in [0.05, 0.1) is 6.33 Å². The van der Waals surface area contributed by atoms with Crippen molar-refractivity contribution in [1.29, 1.82) is 0 Å². The first kappa shape index (κ1) is 14.6. The fourth-order valence-corrected chi connectivity index (χ4v) is 4.50. The molecule has 5 nitrogen and oxygen atoms in total. The molecule has 2 heterocycles. The van der Waals surface area contributed by atoms with Crippen molar-refractivity contribution in [2.24, 2.45) is 5.92 Å². The fraction of sp³-hybridized carbons (Fsp3) is 0.667. The monoisotopic (exact) mass is 305 g/mol. The van der Waals surface area contributed by atoms with Crippen LogP contribution in [0.25, 0.3) is 11.2 Å². The molecular weight excluding hydrogens is 282 g/mol. The van der Waals surface area contributed by atoms with Gasteiger partial charge >= 0.3 is 0 Å². The minimum Gasteiger partial charge on any atom is -0.382 e. The fourth-order valence-electron chi connectivity index (χ4n) is 3.08. The number of hydrogen-bond donors (Lipinski definition) is 1. The summed E-state index contributed by atoms with van der Waals surface area (Å²) in [4.78, 5) is 12.6. The first-order valence-electron chi connectivity index (χ1n) is 7.77.